The van der Waals surface area contributed by atoms with E-state index in [9.17, 15) is 17.6 Å². The summed E-state index contributed by atoms with van der Waals surface area (Å²) < 4.78 is 61.0. The normalized spacial score (nSPS) is 34.4. The van der Waals surface area contributed by atoms with Crippen molar-refractivity contribution in [2.75, 3.05) is 12.9 Å². The Morgan fingerprint density at radius 2 is 1.94 bits per heavy atom. The number of hydrogen-bond acceptors (Lipinski definition) is 4. The van der Waals surface area contributed by atoms with Gasteiger partial charge in [-0.2, -0.15) is 0 Å². The van der Waals surface area contributed by atoms with Crippen LogP contribution in [-0.2, 0) is 10.0 Å². The summed E-state index contributed by atoms with van der Waals surface area (Å²) in [6.07, 6.45) is 8.57. The van der Waals surface area contributed by atoms with E-state index in [1.54, 1.807) is 0 Å². The first kappa shape index (κ1) is 21.2. The van der Waals surface area contributed by atoms with Gasteiger partial charge in [0.25, 0.3) is 5.91 Å². The summed E-state index contributed by atoms with van der Waals surface area (Å²) in [5.41, 5.74) is -0.874. The molecule has 6 rings (SSSR count). The molecule has 5 aliphatic carbocycles. The van der Waals surface area contributed by atoms with Crippen LogP contribution in [0.1, 0.15) is 79.6 Å². The lowest BCUT2D eigenvalue weighted by Crippen LogP contribution is -2.46. The number of amides is 1. The van der Waals surface area contributed by atoms with Crippen LogP contribution >= 0.6 is 0 Å². The van der Waals surface area contributed by atoms with Crippen molar-refractivity contribution >= 4 is 15.9 Å². The Kier molecular flexibility index (Phi) is 4.88. The minimum absolute atomic E-state index is 0.173. The summed E-state index contributed by atoms with van der Waals surface area (Å²) >= 11 is 0. The number of sulfonamides is 1. The zero-order valence-corrected chi connectivity index (χ0v) is 18.6. The SMILES string of the molecule is CS(=O)(=O)NC(=O)c1cc(C2CC2)c(OCC23CCC4CC(CC(F)(C4)C2)C3)cc1F. The number of carbonyl (C=O) groups is 1. The van der Waals surface area contributed by atoms with Gasteiger partial charge in [-0.05, 0) is 87.2 Å². The van der Waals surface area contributed by atoms with E-state index in [4.69, 9.17) is 4.74 Å². The largest absolute Gasteiger partial charge is 0.493 e. The zero-order valence-electron chi connectivity index (χ0n) is 17.8. The van der Waals surface area contributed by atoms with Gasteiger partial charge in [0, 0.05) is 11.5 Å². The lowest BCUT2D eigenvalue weighted by Gasteiger charge is -2.48. The highest BCUT2D eigenvalue weighted by atomic mass is 32.2. The Labute approximate surface area is 182 Å². The summed E-state index contributed by atoms with van der Waals surface area (Å²) in [6.45, 7) is 0.357. The molecule has 5 aliphatic rings. The summed E-state index contributed by atoms with van der Waals surface area (Å²) in [7, 11) is -3.79. The molecular formula is C23H29F2NO4S. The van der Waals surface area contributed by atoms with Crippen molar-refractivity contribution in [3.05, 3.63) is 29.1 Å². The van der Waals surface area contributed by atoms with E-state index in [-0.39, 0.29) is 16.9 Å². The van der Waals surface area contributed by atoms with Crippen LogP contribution in [0.4, 0.5) is 8.78 Å². The molecule has 8 heteroatoms. The lowest BCUT2D eigenvalue weighted by molar-refractivity contribution is -0.0540. The van der Waals surface area contributed by atoms with E-state index < -0.39 is 27.4 Å². The second-order valence-corrected chi connectivity index (χ2v) is 12.3. The first-order valence-corrected chi connectivity index (χ1v) is 13.1. The van der Waals surface area contributed by atoms with Gasteiger partial charge in [-0.3, -0.25) is 4.79 Å². The summed E-state index contributed by atoms with van der Waals surface area (Å²) in [5, 5.41) is 0. The number of hydrogen-bond donors (Lipinski definition) is 1. The van der Waals surface area contributed by atoms with Crippen molar-refractivity contribution in [3.8, 4) is 5.75 Å². The number of ether oxygens (including phenoxy) is 1. The van der Waals surface area contributed by atoms with Gasteiger partial charge in [-0.1, -0.05) is 0 Å². The first-order valence-electron chi connectivity index (χ1n) is 11.2. The zero-order chi connectivity index (χ0) is 22.0. The maximum atomic E-state index is 15.5. The molecule has 0 saturated heterocycles. The predicted octanol–water partition coefficient (Wildman–Crippen LogP) is 4.47. The van der Waals surface area contributed by atoms with Crippen LogP contribution in [0, 0.1) is 23.1 Å². The summed E-state index contributed by atoms with van der Waals surface area (Å²) in [5.74, 6) is -0.344. The molecule has 170 valence electrons. The number of rotatable bonds is 6. The Bertz CT molecular complexity index is 1020. The third kappa shape index (κ3) is 4.32. The summed E-state index contributed by atoms with van der Waals surface area (Å²) in [4.78, 5) is 12.2. The number of benzene rings is 1. The van der Waals surface area contributed by atoms with Crippen LogP contribution in [0.25, 0.3) is 0 Å². The van der Waals surface area contributed by atoms with Gasteiger partial charge >= 0.3 is 0 Å². The maximum absolute atomic E-state index is 15.5. The van der Waals surface area contributed by atoms with E-state index in [1.807, 2.05) is 4.72 Å². The Balaban J connectivity index is 1.39. The fraction of sp³-hybridized carbons (Fsp3) is 0.696. The number of alkyl halides is 1. The van der Waals surface area contributed by atoms with Gasteiger partial charge in [0.05, 0.1) is 18.4 Å². The number of halogens is 2. The van der Waals surface area contributed by atoms with E-state index in [2.05, 4.69) is 0 Å². The molecule has 1 amide bonds. The van der Waals surface area contributed by atoms with Crippen molar-refractivity contribution in [1.29, 1.82) is 0 Å². The molecule has 1 aromatic rings. The molecule has 5 nitrogen and oxygen atoms in total. The van der Waals surface area contributed by atoms with Crippen LogP contribution in [0.3, 0.4) is 0 Å². The molecule has 0 aromatic heterocycles. The van der Waals surface area contributed by atoms with Crippen molar-refractivity contribution in [2.45, 2.75) is 69.4 Å². The molecule has 4 bridgehead atoms. The van der Waals surface area contributed by atoms with E-state index in [0.717, 1.165) is 50.3 Å². The second-order valence-electron chi connectivity index (χ2n) is 10.6. The van der Waals surface area contributed by atoms with Gasteiger partial charge in [-0.25, -0.2) is 21.9 Å². The maximum Gasteiger partial charge on any atom is 0.267 e. The van der Waals surface area contributed by atoms with Crippen LogP contribution in [0.2, 0.25) is 0 Å². The Hall–Kier alpha value is -1.70. The highest BCUT2D eigenvalue weighted by molar-refractivity contribution is 7.89. The van der Waals surface area contributed by atoms with Gasteiger partial charge in [0.15, 0.2) is 0 Å². The van der Waals surface area contributed by atoms with Crippen LogP contribution in [-0.4, -0.2) is 32.9 Å². The monoisotopic (exact) mass is 453 g/mol. The molecular weight excluding hydrogens is 424 g/mol. The number of nitrogens with one attached hydrogen (secondary N) is 1. The minimum Gasteiger partial charge on any atom is -0.493 e. The van der Waals surface area contributed by atoms with Crippen molar-refractivity contribution < 1.29 is 26.7 Å². The lowest BCUT2D eigenvalue weighted by atomic mass is 9.60. The molecule has 31 heavy (non-hydrogen) atoms. The quantitative estimate of drug-likeness (QED) is 0.690. The molecule has 1 aromatic carbocycles. The molecule has 0 spiro atoms. The highest BCUT2D eigenvalue weighted by Crippen LogP contribution is 2.60. The smallest absolute Gasteiger partial charge is 0.267 e. The molecule has 5 saturated carbocycles. The van der Waals surface area contributed by atoms with Crippen LogP contribution < -0.4 is 9.46 Å². The van der Waals surface area contributed by atoms with Crippen molar-refractivity contribution in [1.82, 2.24) is 4.72 Å². The van der Waals surface area contributed by atoms with Gasteiger partial charge in [0.2, 0.25) is 10.0 Å². The van der Waals surface area contributed by atoms with Crippen molar-refractivity contribution in [3.63, 3.8) is 0 Å². The van der Waals surface area contributed by atoms with Gasteiger partial charge in [0.1, 0.15) is 17.2 Å². The fourth-order valence-electron chi connectivity index (χ4n) is 6.55. The topological polar surface area (TPSA) is 72.5 Å². The third-order valence-corrected chi connectivity index (χ3v) is 8.20. The average Bonchev–Trinajstić information content (AvgIpc) is 3.47. The summed E-state index contributed by atoms with van der Waals surface area (Å²) in [6, 6.07) is 2.62. The van der Waals surface area contributed by atoms with E-state index in [0.29, 0.717) is 43.5 Å². The molecule has 1 N–H and O–H groups in total. The third-order valence-electron chi connectivity index (χ3n) is 7.65. The number of carbonyl (C=O) groups excluding carboxylic acids is 1. The van der Waals surface area contributed by atoms with Gasteiger partial charge in [-0.15, -0.1) is 0 Å². The average molecular weight is 454 g/mol. The molecule has 5 fully saturated rings. The molecule has 4 unspecified atom stereocenters. The van der Waals surface area contributed by atoms with E-state index in [1.165, 1.54) is 12.1 Å². The highest BCUT2D eigenvalue weighted by Gasteiger charge is 2.55. The molecule has 4 atom stereocenters. The number of fused-ring (bicyclic) bond motifs is 1. The predicted molar refractivity (Wildman–Crippen MR) is 112 cm³/mol. The first-order chi connectivity index (χ1) is 14.5. The fourth-order valence-corrected chi connectivity index (χ4v) is 7.00. The minimum atomic E-state index is -3.79. The van der Waals surface area contributed by atoms with E-state index >= 15 is 4.39 Å². The molecule has 0 radical (unpaired) electrons. The Morgan fingerprint density at radius 3 is 2.61 bits per heavy atom. The molecule has 0 heterocycles. The molecule has 0 aliphatic heterocycles. The second kappa shape index (κ2) is 7.15. The standard InChI is InChI=1S/C23H29F2NO4S/c1-31(28,29)26-21(27)18-7-17(16-2-3-16)20(8-19(18)24)30-13-22-5-4-14-6-15(9-22)11-23(25,10-14)12-22/h7-8,14-16H,2-6,9-13H2,1H3,(H,26,27). The van der Waals surface area contributed by atoms with Gasteiger partial charge < -0.3 is 4.74 Å². The van der Waals surface area contributed by atoms with Crippen LogP contribution in [0.15, 0.2) is 12.1 Å². The van der Waals surface area contributed by atoms with Crippen LogP contribution in [0.5, 0.6) is 5.75 Å². The van der Waals surface area contributed by atoms with Crippen molar-refractivity contribution in [2.24, 2.45) is 17.3 Å². The Morgan fingerprint density at radius 1 is 1.19 bits per heavy atom.